The molecule has 1 saturated carbocycles. The summed E-state index contributed by atoms with van der Waals surface area (Å²) in [6, 6.07) is 7.07. The molecule has 0 bridgehead atoms. The second-order valence-corrected chi connectivity index (χ2v) is 4.90. The van der Waals surface area contributed by atoms with Crippen LogP contribution in [-0.2, 0) is 16.1 Å². The summed E-state index contributed by atoms with van der Waals surface area (Å²) in [6.07, 6.45) is 1.27. The van der Waals surface area contributed by atoms with Gasteiger partial charge in [-0.25, -0.2) is 0 Å². The largest absolute Gasteiger partial charge is 0.481 e. The van der Waals surface area contributed by atoms with Crippen molar-refractivity contribution in [3.8, 4) is 0 Å². The van der Waals surface area contributed by atoms with Crippen molar-refractivity contribution in [3.63, 3.8) is 0 Å². The number of rotatable bonds is 6. The molecule has 19 heavy (non-hydrogen) atoms. The third-order valence-corrected chi connectivity index (χ3v) is 3.42. The van der Waals surface area contributed by atoms with Gasteiger partial charge in [-0.2, -0.15) is 0 Å². The molecular formula is C14H17NO4. The van der Waals surface area contributed by atoms with E-state index in [0.717, 1.165) is 5.56 Å². The molecule has 0 aromatic heterocycles. The third-order valence-electron chi connectivity index (χ3n) is 3.42. The predicted molar refractivity (Wildman–Crippen MR) is 68.8 cm³/mol. The van der Waals surface area contributed by atoms with Crippen molar-refractivity contribution in [2.24, 2.45) is 5.41 Å². The normalized spacial score (nSPS) is 15.8. The number of nitrogens with one attached hydrogen (secondary N) is 1. The zero-order chi connectivity index (χ0) is 13.9. The number of hydrogen-bond donors (Lipinski definition) is 2. The zero-order valence-corrected chi connectivity index (χ0v) is 10.8. The predicted octanol–water partition coefficient (Wildman–Crippen LogP) is 1.43. The number of carbonyl (C=O) groups excluding carboxylic acids is 1. The van der Waals surface area contributed by atoms with Crippen molar-refractivity contribution in [2.75, 3.05) is 13.7 Å². The molecule has 1 amide bonds. The van der Waals surface area contributed by atoms with Gasteiger partial charge in [-0.3, -0.25) is 9.59 Å². The Kier molecular flexibility index (Phi) is 3.85. The van der Waals surface area contributed by atoms with Crippen molar-refractivity contribution in [1.29, 1.82) is 0 Å². The van der Waals surface area contributed by atoms with Crippen LogP contribution in [0.1, 0.15) is 28.8 Å². The maximum atomic E-state index is 11.9. The monoisotopic (exact) mass is 263 g/mol. The fraction of sp³-hybridized carbons (Fsp3) is 0.429. The van der Waals surface area contributed by atoms with Crippen molar-refractivity contribution >= 4 is 11.9 Å². The Morgan fingerprint density at radius 2 is 1.95 bits per heavy atom. The Balaban J connectivity index is 1.91. The molecule has 1 aliphatic rings. The molecule has 2 N–H and O–H groups in total. The van der Waals surface area contributed by atoms with Crippen LogP contribution in [0, 0.1) is 5.41 Å². The molecule has 1 aliphatic carbocycles. The van der Waals surface area contributed by atoms with E-state index in [4.69, 9.17) is 9.84 Å². The molecule has 102 valence electrons. The van der Waals surface area contributed by atoms with Gasteiger partial charge in [0, 0.05) is 19.2 Å². The number of hydrogen-bond acceptors (Lipinski definition) is 3. The summed E-state index contributed by atoms with van der Waals surface area (Å²) in [6.45, 7) is 0.699. The number of ether oxygens (including phenoxy) is 1. The van der Waals surface area contributed by atoms with E-state index in [-0.39, 0.29) is 12.5 Å². The van der Waals surface area contributed by atoms with Gasteiger partial charge in [-0.15, -0.1) is 0 Å². The third kappa shape index (κ3) is 3.12. The van der Waals surface area contributed by atoms with Gasteiger partial charge in [-0.05, 0) is 30.5 Å². The SMILES string of the molecule is COCc1ccc(C(=O)NCC2(C(=O)O)CC2)cc1. The molecule has 1 aromatic carbocycles. The molecule has 1 aromatic rings. The summed E-state index contributed by atoms with van der Waals surface area (Å²) in [4.78, 5) is 22.9. The first-order valence-electron chi connectivity index (χ1n) is 6.17. The summed E-state index contributed by atoms with van der Waals surface area (Å²) in [5.41, 5.74) is 0.787. The molecule has 0 atom stereocenters. The Morgan fingerprint density at radius 1 is 1.32 bits per heavy atom. The highest BCUT2D eigenvalue weighted by atomic mass is 16.5. The molecule has 0 radical (unpaired) electrons. The number of amides is 1. The van der Waals surface area contributed by atoms with Gasteiger partial charge in [0.2, 0.25) is 0 Å². The average molecular weight is 263 g/mol. The van der Waals surface area contributed by atoms with E-state index in [1.165, 1.54) is 0 Å². The topological polar surface area (TPSA) is 75.6 Å². The minimum Gasteiger partial charge on any atom is -0.481 e. The molecule has 0 saturated heterocycles. The zero-order valence-electron chi connectivity index (χ0n) is 10.8. The fourth-order valence-electron chi connectivity index (χ4n) is 1.89. The molecule has 2 rings (SSSR count). The second kappa shape index (κ2) is 5.40. The molecule has 0 heterocycles. The minimum atomic E-state index is -0.830. The van der Waals surface area contributed by atoms with Crippen LogP contribution >= 0.6 is 0 Å². The molecule has 0 aliphatic heterocycles. The maximum absolute atomic E-state index is 11.9. The lowest BCUT2D eigenvalue weighted by Crippen LogP contribution is -2.34. The van der Waals surface area contributed by atoms with Gasteiger partial charge in [-0.1, -0.05) is 12.1 Å². The average Bonchev–Trinajstić information content (AvgIpc) is 3.18. The molecular weight excluding hydrogens is 246 g/mol. The summed E-state index contributed by atoms with van der Waals surface area (Å²) < 4.78 is 4.99. The van der Waals surface area contributed by atoms with Crippen LogP contribution in [0.5, 0.6) is 0 Å². The lowest BCUT2D eigenvalue weighted by molar-refractivity contribution is -0.143. The van der Waals surface area contributed by atoms with Gasteiger partial charge >= 0.3 is 5.97 Å². The molecule has 0 unspecified atom stereocenters. The minimum absolute atomic E-state index is 0.195. The number of carbonyl (C=O) groups is 2. The van der Waals surface area contributed by atoms with Crippen LogP contribution in [0.4, 0.5) is 0 Å². The van der Waals surface area contributed by atoms with Gasteiger partial charge < -0.3 is 15.2 Å². The van der Waals surface area contributed by atoms with Crippen LogP contribution in [0.3, 0.4) is 0 Å². The first-order valence-corrected chi connectivity index (χ1v) is 6.17. The van der Waals surface area contributed by atoms with Crippen molar-refractivity contribution in [2.45, 2.75) is 19.4 Å². The van der Waals surface area contributed by atoms with Crippen molar-refractivity contribution in [3.05, 3.63) is 35.4 Å². The van der Waals surface area contributed by atoms with E-state index in [1.807, 2.05) is 12.1 Å². The van der Waals surface area contributed by atoms with E-state index in [0.29, 0.717) is 25.0 Å². The Morgan fingerprint density at radius 3 is 2.42 bits per heavy atom. The summed E-state index contributed by atoms with van der Waals surface area (Å²) in [5.74, 6) is -1.07. The number of carboxylic acids is 1. The quantitative estimate of drug-likeness (QED) is 0.814. The van der Waals surface area contributed by atoms with E-state index in [9.17, 15) is 9.59 Å². The lowest BCUT2D eigenvalue weighted by atomic mass is 10.1. The van der Waals surface area contributed by atoms with Gasteiger partial charge in [0.05, 0.1) is 12.0 Å². The van der Waals surface area contributed by atoms with E-state index < -0.39 is 11.4 Å². The number of aliphatic carboxylic acids is 1. The van der Waals surface area contributed by atoms with Crippen molar-refractivity contribution in [1.82, 2.24) is 5.32 Å². The molecule has 5 heteroatoms. The van der Waals surface area contributed by atoms with Crippen LogP contribution in [-0.4, -0.2) is 30.6 Å². The maximum Gasteiger partial charge on any atom is 0.311 e. The summed E-state index contributed by atoms with van der Waals surface area (Å²) >= 11 is 0. The standard InChI is InChI=1S/C14H17NO4/c1-19-8-10-2-4-11(5-3-10)12(16)15-9-14(6-7-14)13(17)18/h2-5H,6-9H2,1H3,(H,15,16)(H,17,18). The van der Waals surface area contributed by atoms with E-state index in [2.05, 4.69) is 5.32 Å². The molecule has 0 spiro atoms. The number of methoxy groups -OCH3 is 1. The molecule has 5 nitrogen and oxygen atoms in total. The van der Waals surface area contributed by atoms with Crippen LogP contribution in [0.15, 0.2) is 24.3 Å². The van der Waals surface area contributed by atoms with Gasteiger partial charge in [0.15, 0.2) is 0 Å². The Bertz CT molecular complexity index is 477. The fourth-order valence-corrected chi connectivity index (χ4v) is 1.89. The van der Waals surface area contributed by atoms with Crippen LogP contribution in [0.25, 0.3) is 0 Å². The molecule has 1 fully saturated rings. The smallest absolute Gasteiger partial charge is 0.311 e. The highest BCUT2D eigenvalue weighted by Crippen LogP contribution is 2.45. The van der Waals surface area contributed by atoms with Crippen molar-refractivity contribution < 1.29 is 19.4 Å². The summed E-state index contributed by atoms with van der Waals surface area (Å²) in [7, 11) is 1.61. The van der Waals surface area contributed by atoms with Gasteiger partial charge in [0.25, 0.3) is 5.91 Å². The number of benzene rings is 1. The number of carboxylic acid groups (broad SMARTS) is 1. The summed E-state index contributed by atoms with van der Waals surface area (Å²) in [5, 5.41) is 11.7. The van der Waals surface area contributed by atoms with E-state index in [1.54, 1.807) is 19.2 Å². The van der Waals surface area contributed by atoms with Gasteiger partial charge in [0.1, 0.15) is 0 Å². The highest BCUT2D eigenvalue weighted by molar-refractivity contribution is 5.94. The Labute approximate surface area is 111 Å². The van der Waals surface area contributed by atoms with E-state index >= 15 is 0 Å². The van der Waals surface area contributed by atoms with Crippen LogP contribution < -0.4 is 5.32 Å². The Hall–Kier alpha value is -1.88. The highest BCUT2D eigenvalue weighted by Gasteiger charge is 2.50. The first kappa shape index (κ1) is 13.5. The lowest BCUT2D eigenvalue weighted by Gasteiger charge is -2.11. The second-order valence-electron chi connectivity index (χ2n) is 4.90. The first-order chi connectivity index (χ1) is 9.07. The van der Waals surface area contributed by atoms with Crippen LogP contribution in [0.2, 0.25) is 0 Å².